The molecular formula is C15H21ClN4O2. The number of fused-ring (bicyclic) bond motifs is 1. The van der Waals surface area contributed by atoms with Gasteiger partial charge in [0.1, 0.15) is 6.54 Å². The number of anilines is 2. The molecule has 1 aromatic rings. The summed E-state index contributed by atoms with van der Waals surface area (Å²) in [5.41, 5.74) is 1.49. The summed E-state index contributed by atoms with van der Waals surface area (Å²) < 4.78 is 0. The van der Waals surface area contributed by atoms with Crippen molar-refractivity contribution in [3.05, 3.63) is 24.3 Å². The van der Waals surface area contributed by atoms with E-state index in [9.17, 15) is 9.59 Å². The summed E-state index contributed by atoms with van der Waals surface area (Å²) in [6.07, 6.45) is 0. The number of hydrogen-bond donors (Lipinski definition) is 2. The van der Waals surface area contributed by atoms with Crippen LogP contribution in [0.2, 0.25) is 0 Å². The molecule has 6 nitrogen and oxygen atoms in total. The smallest absolute Gasteiger partial charge is 0.244 e. The first-order valence-electron chi connectivity index (χ1n) is 7.29. The van der Waals surface area contributed by atoms with Crippen LogP contribution in [-0.4, -0.2) is 55.5 Å². The highest BCUT2D eigenvalue weighted by atomic mass is 35.5. The van der Waals surface area contributed by atoms with Gasteiger partial charge in [0, 0.05) is 25.7 Å². The SMILES string of the molecule is C[C@H]1CNCCN1CC(=O)N1CC(=O)Nc2ccccc21.Cl. The van der Waals surface area contributed by atoms with E-state index in [2.05, 4.69) is 22.5 Å². The molecule has 0 saturated carbocycles. The molecule has 120 valence electrons. The molecule has 2 heterocycles. The van der Waals surface area contributed by atoms with Crippen molar-refractivity contribution in [2.45, 2.75) is 13.0 Å². The largest absolute Gasteiger partial charge is 0.323 e. The Morgan fingerprint density at radius 1 is 1.36 bits per heavy atom. The van der Waals surface area contributed by atoms with Gasteiger partial charge in [-0.1, -0.05) is 12.1 Å². The average Bonchev–Trinajstić information content (AvgIpc) is 2.48. The number of hydrogen-bond acceptors (Lipinski definition) is 4. The first kappa shape index (κ1) is 16.7. The molecule has 1 saturated heterocycles. The second-order valence-electron chi connectivity index (χ2n) is 5.57. The van der Waals surface area contributed by atoms with Crippen LogP contribution >= 0.6 is 12.4 Å². The van der Waals surface area contributed by atoms with Gasteiger partial charge in [-0.05, 0) is 19.1 Å². The number of carbonyl (C=O) groups excluding carboxylic acids is 2. The molecule has 2 amide bonds. The summed E-state index contributed by atoms with van der Waals surface area (Å²) in [6.45, 7) is 5.20. The first-order chi connectivity index (χ1) is 10.1. The zero-order valence-corrected chi connectivity index (χ0v) is 13.4. The van der Waals surface area contributed by atoms with E-state index in [1.54, 1.807) is 4.90 Å². The van der Waals surface area contributed by atoms with Gasteiger partial charge in [0.05, 0.1) is 17.9 Å². The van der Waals surface area contributed by atoms with Gasteiger partial charge < -0.3 is 10.6 Å². The number of halogens is 1. The van der Waals surface area contributed by atoms with Gasteiger partial charge in [0.15, 0.2) is 0 Å². The van der Waals surface area contributed by atoms with Crippen molar-refractivity contribution in [3.63, 3.8) is 0 Å². The van der Waals surface area contributed by atoms with E-state index in [0.29, 0.717) is 18.3 Å². The Labute approximate surface area is 136 Å². The average molecular weight is 325 g/mol. The summed E-state index contributed by atoms with van der Waals surface area (Å²) in [7, 11) is 0. The summed E-state index contributed by atoms with van der Waals surface area (Å²) in [5, 5.41) is 6.11. The maximum absolute atomic E-state index is 12.6. The standard InChI is InChI=1S/C15H20N4O2.ClH/c1-11-8-16-6-7-18(11)10-15(21)19-9-14(20)17-12-4-2-3-5-13(12)19;/h2-5,11,16H,6-10H2,1H3,(H,17,20);1H/t11-;/m0./s1. The number of nitrogens with one attached hydrogen (secondary N) is 2. The number of carbonyl (C=O) groups is 2. The Morgan fingerprint density at radius 3 is 2.91 bits per heavy atom. The predicted octanol–water partition coefficient (Wildman–Crippen LogP) is 0.687. The first-order valence-corrected chi connectivity index (χ1v) is 7.29. The van der Waals surface area contributed by atoms with E-state index >= 15 is 0 Å². The lowest BCUT2D eigenvalue weighted by Crippen LogP contribution is -2.54. The quantitative estimate of drug-likeness (QED) is 0.840. The third-order valence-electron chi connectivity index (χ3n) is 4.05. The maximum atomic E-state index is 12.6. The van der Waals surface area contributed by atoms with Gasteiger partial charge in [-0.15, -0.1) is 12.4 Å². The van der Waals surface area contributed by atoms with Crippen LogP contribution in [-0.2, 0) is 9.59 Å². The lowest BCUT2D eigenvalue weighted by Gasteiger charge is -2.36. The third-order valence-corrected chi connectivity index (χ3v) is 4.05. The maximum Gasteiger partial charge on any atom is 0.244 e. The van der Waals surface area contributed by atoms with Gasteiger partial charge in [0.25, 0.3) is 0 Å². The number of piperazine rings is 1. The Bertz CT molecular complexity index is 566. The van der Waals surface area contributed by atoms with Crippen molar-refractivity contribution in [3.8, 4) is 0 Å². The Morgan fingerprint density at radius 2 is 2.14 bits per heavy atom. The van der Waals surface area contributed by atoms with Crippen molar-refractivity contribution in [2.24, 2.45) is 0 Å². The molecule has 1 atom stereocenters. The van der Waals surface area contributed by atoms with Gasteiger partial charge in [0.2, 0.25) is 11.8 Å². The summed E-state index contributed by atoms with van der Waals surface area (Å²) in [6, 6.07) is 7.75. The molecule has 2 N–H and O–H groups in total. The highest BCUT2D eigenvalue weighted by Crippen LogP contribution is 2.29. The lowest BCUT2D eigenvalue weighted by atomic mass is 10.1. The van der Waals surface area contributed by atoms with Crippen LogP contribution in [0.3, 0.4) is 0 Å². The molecule has 1 aromatic carbocycles. The Kier molecular flexibility index (Phi) is 5.39. The molecule has 22 heavy (non-hydrogen) atoms. The fourth-order valence-electron chi connectivity index (χ4n) is 2.83. The van der Waals surface area contributed by atoms with E-state index < -0.39 is 0 Å². The molecule has 0 unspecified atom stereocenters. The number of rotatable bonds is 2. The van der Waals surface area contributed by atoms with Crippen LogP contribution in [0.4, 0.5) is 11.4 Å². The molecule has 0 radical (unpaired) electrons. The number of amides is 2. The van der Waals surface area contributed by atoms with Crippen molar-refractivity contribution in [2.75, 3.05) is 42.9 Å². The minimum atomic E-state index is -0.143. The number of benzene rings is 1. The highest BCUT2D eigenvalue weighted by molar-refractivity contribution is 6.10. The molecule has 0 aliphatic carbocycles. The van der Waals surface area contributed by atoms with Crippen LogP contribution in [0, 0.1) is 0 Å². The molecule has 7 heteroatoms. The third kappa shape index (κ3) is 3.40. The van der Waals surface area contributed by atoms with Crippen molar-refractivity contribution >= 4 is 35.6 Å². The molecule has 0 spiro atoms. The molecule has 0 bridgehead atoms. The van der Waals surface area contributed by atoms with E-state index in [1.165, 1.54) is 0 Å². The van der Waals surface area contributed by atoms with Gasteiger partial charge >= 0.3 is 0 Å². The zero-order valence-electron chi connectivity index (χ0n) is 12.5. The number of para-hydroxylation sites is 2. The second kappa shape index (κ2) is 7.09. The molecule has 2 aliphatic heterocycles. The van der Waals surface area contributed by atoms with Crippen molar-refractivity contribution in [1.82, 2.24) is 10.2 Å². The van der Waals surface area contributed by atoms with E-state index in [-0.39, 0.29) is 30.8 Å². The van der Waals surface area contributed by atoms with Crippen molar-refractivity contribution in [1.29, 1.82) is 0 Å². The van der Waals surface area contributed by atoms with Gasteiger partial charge in [-0.25, -0.2) is 0 Å². The van der Waals surface area contributed by atoms with E-state index in [0.717, 1.165) is 25.3 Å². The number of nitrogens with zero attached hydrogens (tertiary/aromatic N) is 2. The zero-order chi connectivity index (χ0) is 14.8. The summed E-state index contributed by atoms with van der Waals surface area (Å²) >= 11 is 0. The molecule has 3 rings (SSSR count). The molecule has 1 fully saturated rings. The second-order valence-corrected chi connectivity index (χ2v) is 5.57. The van der Waals surface area contributed by atoms with E-state index in [1.807, 2.05) is 24.3 Å². The Balaban J connectivity index is 0.00000176. The van der Waals surface area contributed by atoms with Gasteiger partial charge in [-0.3, -0.25) is 19.4 Å². The van der Waals surface area contributed by atoms with Crippen LogP contribution in [0.25, 0.3) is 0 Å². The monoisotopic (exact) mass is 324 g/mol. The Hall–Kier alpha value is -1.63. The normalized spacial score (nSPS) is 21.6. The fraction of sp³-hybridized carbons (Fsp3) is 0.467. The van der Waals surface area contributed by atoms with Gasteiger partial charge in [-0.2, -0.15) is 0 Å². The van der Waals surface area contributed by atoms with Crippen LogP contribution in [0.5, 0.6) is 0 Å². The molecule has 0 aromatic heterocycles. The van der Waals surface area contributed by atoms with Crippen LogP contribution < -0.4 is 15.5 Å². The minimum Gasteiger partial charge on any atom is -0.323 e. The lowest BCUT2D eigenvalue weighted by molar-refractivity contribution is -0.123. The molecular weight excluding hydrogens is 304 g/mol. The predicted molar refractivity (Wildman–Crippen MR) is 88.6 cm³/mol. The minimum absolute atomic E-state index is 0. The van der Waals surface area contributed by atoms with Crippen LogP contribution in [0.15, 0.2) is 24.3 Å². The summed E-state index contributed by atoms with van der Waals surface area (Å²) in [5.74, 6) is -0.165. The van der Waals surface area contributed by atoms with Crippen molar-refractivity contribution < 1.29 is 9.59 Å². The topological polar surface area (TPSA) is 64.7 Å². The van der Waals surface area contributed by atoms with E-state index in [4.69, 9.17) is 0 Å². The highest BCUT2D eigenvalue weighted by Gasteiger charge is 2.29. The van der Waals surface area contributed by atoms with Crippen LogP contribution in [0.1, 0.15) is 6.92 Å². The fourth-order valence-corrected chi connectivity index (χ4v) is 2.83. The molecule has 2 aliphatic rings. The summed E-state index contributed by atoms with van der Waals surface area (Å²) in [4.78, 5) is 28.1.